The fraction of sp³-hybridized carbons (Fsp3) is 0.444. The monoisotopic (exact) mass is 328 g/mol. The maximum atomic E-state index is 12.8. The van der Waals surface area contributed by atoms with Gasteiger partial charge in [-0.1, -0.05) is 19.9 Å². The molecule has 3 rings (SSSR count). The molecule has 0 bridgehead atoms. The first-order chi connectivity index (χ1) is 11.6. The van der Waals surface area contributed by atoms with Gasteiger partial charge in [-0.3, -0.25) is 9.48 Å². The molecule has 1 atom stereocenters. The summed E-state index contributed by atoms with van der Waals surface area (Å²) in [5.74, 6) is 0.0606. The van der Waals surface area contributed by atoms with Gasteiger partial charge in [-0.05, 0) is 37.4 Å². The first-order valence-electron chi connectivity index (χ1n) is 8.45. The highest BCUT2D eigenvalue weighted by atomic mass is 16.3. The molecular formula is C18H24N4O2. The quantitative estimate of drug-likeness (QED) is 0.913. The third-order valence-electron chi connectivity index (χ3n) is 4.63. The number of likely N-dealkylation sites (N-methyl/N-ethyl adjacent to an activating group) is 1. The summed E-state index contributed by atoms with van der Waals surface area (Å²) in [6.45, 7) is 8.28. The summed E-state index contributed by atoms with van der Waals surface area (Å²) in [6.07, 6.45) is 1.80. The second kappa shape index (κ2) is 7.05. The van der Waals surface area contributed by atoms with Crippen LogP contribution in [-0.2, 0) is 6.54 Å². The Labute approximate surface area is 142 Å². The average Bonchev–Trinajstić information content (AvgIpc) is 3.07. The van der Waals surface area contributed by atoms with Gasteiger partial charge in [0.15, 0.2) is 0 Å². The van der Waals surface area contributed by atoms with Gasteiger partial charge in [0, 0.05) is 24.8 Å². The fourth-order valence-corrected chi connectivity index (χ4v) is 3.28. The van der Waals surface area contributed by atoms with Gasteiger partial charge in [-0.25, -0.2) is 0 Å². The van der Waals surface area contributed by atoms with Crippen molar-refractivity contribution in [2.75, 3.05) is 26.2 Å². The van der Waals surface area contributed by atoms with Gasteiger partial charge < -0.3 is 14.9 Å². The van der Waals surface area contributed by atoms with Gasteiger partial charge in [0.25, 0.3) is 5.91 Å². The minimum absolute atomic E-state index is 0.0529. The Morgan fingerprint density at radius 2 is 2.12 bits per heavy atom. The number of rotatable bonds is 5. The molecule has 6 heteroatoms. The number of hydrogen-bond acceptors (Lipinski definition) is 4. The first-order valence-corrected chi connectivity index (χ1v) is 8.45. The molecule has 2 aromatic rings. The number of hydrogen-bond donors (Lipinski definition) is 1. The van der Waals surface area contributed by atoms with Crippen LogP contribution in [0.25, 0.3) is 0 Å². The number of carbonyl (C=O) groups is 1. The van der Waals surface area contributed by atoms with Crippen LogP contribution in [0.2, 0.25) is 0 Å². The number of amides is 1. The number of aromatic hydroxyl groups is 1. The first kappa shape index (κ1) is 16.5. The van der Waals surface area contributed by atoms with E-state index in [1.165, 1.54) is 6.07 Å². The summed E-state index contributed by atoms with van der Waals surface area (Å²) in [4.78, 5) is 17.0. The predicted molar refractivity (Wildman–Crippen MR) is 91.9 cm³/mol. The van der Waals surface area contributed by atoms with Gasteiger partial charge in [0.1, 0.15) is 5.75 Å². The summed E-state index contributed by atoms with van der Waals surface area (Å²) < 4.78 is 2.05. The molecule has 0 unspecified atom stereocenters. The molecule has 6 nitrogen and oxygen atoms in total. The zero-order valence-corrected chi connectivity index (χ0v) is 14.2. The Balaban J connectivity index is 1.82. The van der Waals surface area contributed by atoms with Crippen LogP contribution >= 0.6 is 0 Å². The Hall–Kier alpha value is -2.34. The number of phenolic OH excluding ortho intramolecular Hbond substituents is 1. The summed E-state index contributed by atoms with van der Waals surface area (Å²) in [6, 6.07) is 8.65. The van der Waals surface area contributed by atoms with E-state index in [9.17, 15) is 9.90 Å². The number of benzene rings is 1. The van der Waals surface area contributed by atoms with E-state index in [1.807, 2.05) is 15.6 Å². The molecular weight excluding hydrogens is 304 g/mol. The van der Waals surface area contributed by atoms with E-state index in [-0.39, 0.29) is 17.7 Å². The molecule has 24 heavy (non-hydrogen) atoms. The third kappa shape index (κ3) is 3.28. The molecule has 1 amide bonds. The van der Waals surface area contributed by atoms with Crippen molar-refractivity contribution in [3.05, 3.63) is 47.8 Å². The van der Waals surface area contributed by atoms with Crippen LogP contribution in [-0.4, -0.2) is 56.8 Å². The molecule has 1 aliphatic rings. The smallest absolute Gasteiger partial charge is 0.254 e. The van der Waals surface area contributed by atoms with Crippen molar-refractivity contribution in [1.82, 2.24) is 19.6 Å². The molecule has 1 aliphatic heterocycles. The average molecular weight is 328 g/mol. The Morgan fingerprint density at radius 1 is 1.33 bits per heavy atom. The normalized spacial score (nSPS) is 17.1. The summed E-state index contributed by atoms with van der Waals surface area (Å²) in [5, 5.41) is 14.1. The highest BCUT2D eigenvalue weighted by molar-refractivity contribution is 5.94. The Kier molecular flexibility index (Phi) is 4.85. The highest BCUT2D eigenvalue weighted by Gasteiger charge is 2.29. The number of fused-ring (bicyclic) bond motifs is 1. The maximum absolute atomic E-state index is 12.8. The van der Waals surface area contributed by atoms with E-state index >= 15 is 0 Å². The van der Waals surface area contributed by atoms with Gasteiger partial charge in [0.05, 0.1) is 18.3 Å². The molecule has 0 radical (unpaired) electrons. The molecule has 0 saturated heterocycles. The molecule has 1 N–H and O–H groups in total. The van der Waals surface area contributed by atoms with E-state index in [4.69, 9.17) is 0 Å². The minimum Gasteiger partial charge on any atom is -0.508 e. The van der Waals surface area contributed by atoms with Crippen LogP contribution in [0.5, 0.6) is 5.75 Å². The number of phenols is 1. The van der Waals surface area contributed by atoms with Crippen LogP contribution in [0, 0.1) is 0 Å². The van der Waals surface area contributed by atoms with Gasteiger partial charge >= 0.3 is 0 Å². The van der Waals surface area contributed by atoms with E-state index in [0.29, 0.717) is 18.7 Å². The standard InChI is InChI=1S/C18H24N4O2/c1-3-20(4-2)11-16-13-21(12-15-8-9-19-22(15)16)18(24)14-6-5-7-17(23)10-14/h5-10,16,23H,3-4,11-13H2,1-2H3/t16-/m1/s1. The SMILES string of the molecule is CCN(CC)C[C@@H]1CN(C(=O)c2cccc(O)c2)Cc2ccnn21. The third-order valence-corrected chi connectivity index (χ3v) is 4.63. The number of aromatic nitrogens is 2. The van der Waals surface area contributed by atoms with E-state index < -0.39 is 0 Å². The molecule has 0 aliphatic carbocycles. The van der Waals surface area contributed by atoms with Crippen molar-refractivity contribution < 1.29 is 9.90 Å². The van der Waals surface area contributed by atoms with Crippen LogP contribution in [0.1, 0.15) is 35.9 Å². The topological polar surface area (TPSA) is 61.6 Å². The highest BCUT2D eigenvalue weighted by Crippen LogP contribution is 2.23. The molecule has 0 saturated carbocycles. The number of nitrogens with zero attached hydrogens (tertiary/aromatic N) is 4. The summed E-state index contributed by atoms with van der Waals surface area (Å²) in [7, 11) is 0. The summed E-state index contributed by atoms with van der Waals surface area (Å²) >= 11 is 0. The molecule has 1 aromatic carbocycles. The lowest BCUT2D eigenvalue weighted by atomic mass is 10.1. The fourth-order valence-electron chi connectivity index (χ4n) is 3.28. The van der Waals surface area contributed by atoms with Gasteiger partial charge in [0.2, 0.25) is 0 Å². The van der Waals surface area contributed by atoms with E-state index in [1.54, 1.807) is 24.4 Å². The zero-order chi connectivity index (χ0) is 17.1. The lowest BCUT2D eigenvalue weighted by molar-refractivity contribution is 0.0642. The van der Waals surface area contributed by atoms with Gasteiger partial charge in [-0.15, -0.1) is 0 Å². The Morgan fingerprint density at radius 3 is 2.83 bits per heavy atom. The molecule has 2 heterocycles. The zero-order valence-electron chi connectivity index (χ0n) is 14.2. The largest absolute Gasteiger partial charge is 0.508 e. The van der Waals surface area contributed by atoms with E-state index in [2.05, 4.69) is 23.8 Å². The second-order valence-corrected chi connectivity index (χ2v) is 6.14. The van der Waals surface area contributed by atoms with Crippen molar-refractivity contribution in [3.63, 3.8) is 0 Å². The summed E-state index contributed by atoms with van der Waals surface area (Å²) in [5.41, 5.74) is 1.57. The van der Waals surface area contributed by atoms with Crippen molar-refractivity contribution in [2.45, 2.75) is 26.4 Å². The van der Waals surface area contributed by atoms with Crippen LogP contribution in [0.3, 0.4) is 0 Å². The van der Waals surface area contributed by atoms with Crippen molar-refractivity contribution in [3.8, 4) is 5.75 Å². The van der Waals surface area contributed by atoms with Crippen molar-refractivity contribution >= 4 is 5.91 Å². The van der Waals surface area contributed by atoms with Crippen LogP contribution in [0.15, 0.2) is 36.5 Å². The van der Waals surface area contributed by atoms with E-state index in [0.717, 1.165) is 25.3 Å². The second-order valence-electron chi connectivity index (χ2n) is 6.14. The molecule has 0 fully saturated rings. The molecule has 1 aromatic heterocycles. The minimum atomic E-state index is -0.0529. The molecule has 0 spiro atoms. The number of carbonyl (C=O) groups excluding carboxylic acids is 1. The maximum Gasteiger partial charge on any atom is 0.254 e. The predicted octanol–water partition coefficient (Wildman–Crippen LogP) is 2.13. The molecule has 128 valence electrons. The van der Waals surface area contributed by atoms with Crippen molar-refractivity contribution in [2.24, 2.45) is 0 Å². The lowest BCUT2D eigenvalue weighted by Crippen LogP contribution is -2.45. The Bertz CT molecular complexity index is 709. The van der Waals surface area contributed by atoms with Gasteiger partial charge in [-0.2, -0.15) is 5.10 Å². The van der Waals surface area contributed by atoms with Crippen LogP contribution < -0.4 is 0 Å². The van der Waals surface area contributed by atoms with Crippen molar-refractivity contribution in [1.29, 1.82) is 0 Å². The lowest BCUT2D eigenvalue weighted by Gasteiger charge is -2.36. The van der Waals surface area contributed by atoms with Crippen LogP contribution in [0.4, 0.5) is 0 Å².